The van der Waals surface area contributed by atoms with Crippen LogP contribution in [0, 0.1) is 11.5 Å². The molecular weight excluding hydrogens is 407 g/mol. The number of nitrogens with one attached hydrogen (secondary N) is 1. The maximum Gasteiger partial charge on any atom is 0.416 e. The molecule has 12 heteroatoms. The van der Waals surface area contributed by atoms with Gasteiger partial charge in [-0.1, -0.05) is 0 Å². The Morgan fingerprint density at radius 2 is 2.17 bits per heavy atom. The fraction of sp³-hybridized carbons (Fsp3) is 0.444. The molecule has 0 unspecified atom stereocenters. The Balaban J connectivity index is 1.77. The highest BCUT2D eigenvalue weighted by Gasteiger charge is 2.34. The van der Waals surface area contributed by atoms with Gasteiger partial charge < -0.3 is 24.1 Å². The number of carbonyl (C=O) groups is 1. The molecule has 0 spiro atoms. The summed E-state index contributed by atoms with van der Waals surface area (Å²) >= 11 is 0. The smallest absolute Gasteiger partial charge is 0.416 e. The van der Waals surface area contributed by atoms with Gasteiger partial charge in [0.05, 0.1) is 30.9 Å². The SMILES string of the molecule is COC[C@@H]1C[C@@H](NC(=O)c2nnc(-c3cc(C(F)(F)F)ccc3OC)o2)CN1C#N. The highest BCUT2D eigenvalue weighted by Crippen LogP contribution is 2.36. The lowest BCUT2D eigenvalue weighted by atomic mass is 10.1. The van der Waals surface area contributed by atoms with Gasteiger partial charge in [0.15, 0.2) is 6.19 Å². The van der Waals surface area contributed by atoms with E-state index in [-0.39, 0.29) is 29.3 Å². The molecule has 0 bridgehead atoms. The second-order valence-corrected chi connectivity index (χ2v) is 6.59. The Labute approximate surface area is 169 Å². The molecule has 1 aromatic heterocycles. The number of rotatable bonds is 6. The van der Waals surface area contributed by atoms with Crippen molar-refractivity contribution in [2.75, 3.05) is 27.4 Å². The summed E-state index contributed by atoms with van der Waals surface area (Å²) in [5.41, 5.74) is -1.01. The number of amides is 1. The number of hydrogen-bond donors (Lipinski definition) is 1. The van der Waals surface area contributed by atoms with Crippen molar-refractivity contribution in [3.63, 3.8) is 0 Å². The molecule has 160 valence electrons. The predicted molar refractivity (Wildman–Crippen MR) is 95.1 cm³/mol. The number of halogens is 3. The van der Waals surface area contributed by atoms with Crippen LogP contribution in [-0.2, 0) is 10.9 Å². The third kappa shape index (κ3) is 4.46. The van der Waals surface area contributed by atoms with Gasteiger partial charge in [0.2, 0.25) is 0 Å². The molecule has 0 saturated carbocycles. The first kappa shape index (κ1) is 21.4. The first-order valence-corrected chi connectivity index (χ1v) is 8.82. The third-order valence-electron chi connectivity index (χ3n) is 4.61. The second kappa shape index (κ2) is 8.58. The van der Waals surface area contributed by atoms with E-state index in [0.717, 1.165) is 18.2 Å². The number of hydrogen-bond acceptors (Lipinski definition) is 8. The average Bonchev–Trinajstić information content (AvgIpc) is 3.34. The van der Waals surface area contributed by atoms with Crippen molar-refractivity contribution >= 4 is 5.91 Å². The number of nitrogens with zero attached hydrogens (tertiary/aromatic N) is 4. The fourth-order valence-electron chi connectivity index (χ4n) is 3.22. The molecule has 0 radical (unpaired) electrons. The lowest BCUT2D eigenvalue weighted by molar-refractivity contribution is -0.137. The molecule has 2 aromatic rings. The molecule has 1 saturated heterocycles. The molecule has 1 N–H and O–H groups in total. The Kier molecular flexibility index (Phi) is 6.12. The van der Waals surface area contributed by atoms with Gasteiger partial charge in [0.25, 0.3) is 5.89 Å². The van der Waals surface area contributed by atoms with Crippen LogP contribution in [0.2, 0.25) is 0 Å². The second-order valence-electron chi connectivity index (χ2n) is 6.59. The van der Waals surface area contributed by atoms with Crippen LogP contribution in [-0.4, -0.2) is 60.5 Å². The predicted octanol–water partition coefficient (Wildman–Crippen LogP) is 2.06. The quantitative estimate of drug-likeness (QED) is 0.700. The number of benzene rings is 1. The number of alkyl halides is 3. The molecular formula is C18H18F3N5O4. The van der Waals surface area contributed by atoms with E-state index in [1.165, 1.54) is 19.1 Å². The van der Waals surface area contributed by atoms with E-state index in [9.17, 15) is 18.0 Å². The van der Waals surface area contributed by atoms with Gasteiger partial charge in [0, 0.05) is 19.7 Å². The molecule has 1 aliphatic rings. The minimum absolute atomic E-state index is 0.0847. The lowest BCUT2D eigenvalue weighted by Gasteiger charge is -2.15. The number of likely N-dealkylation sites (tertiary alicyclic amines) is 1. The number of ether oxygens (including phenoxy) is 2. The van der Waals surface area contributed by atoms with Gasteiger partial charge in [0.1, 0.15) is 5.75 Å². The van der Waals surface area contributed by atoms with Crippen molar-refractivity contribution in [1.29, 1.82) is 5.26 Å². The van der Waals surface area contributed by atoms with Crippen molar-refractivity contribution in [3.8, 4) is 23.4 Å². The van der Waals surface area contributed by atoms with Crippen molar-refractivity contribution in [2.45, 2.75) is 24.7 Å². The number of carbonyl (C=O) groups excluding carboxylic acids is 1. The zero-order chi connectivity index (χ0) is 21.9. The number of aromatic nitrogens is 2. The minimum Gasteiger partial charge on any atom is -0.496 e. The van der Waals surface area contributed by atoms with E-state index >= 15 is 0 Å². The fourth-order valence-corrected chi connectivity index (χ4v) is 3.22. The highest BCUT2D eigenvalue weighted by molar-refractivity contribution is 5.90. The molecule has 0 aliphatic carbocycles. The van der Waals surface area contributed by atoms with Gasteiger partial charge in [-0.3, -0.25) is 4.79 Å². The van der Waals surface area contributed by atoms with Gasteiger partial charge >= 0.3 is 18.0 Å². The van der Waals surface area contributed by atoms with Crippen LogP contribution in [0.4, 0.5) is 13.2 Å². The molecule has 1 fully saturated rings. The van der Waals surface area contributed by atoms with Crippen LogP contribution in [0.3, 0.4) is 0 Å². The monoisotopic (exact) mass is 425 g/mol. The van der Waals surface area contributed by atoms with Crippen molar-refractivity contribution in [1.82, 2.24) is 20.4 Å². The van der Waals surface area contributed by atoms with Crippen LogP contribution in [0.25, 0.3) is 11.5 Å². The zero-order valence-electron chi connectivity index (χ0n) is 16.1. The maximum atomic E-state index is 13.0. The molecule has 3 rings (SSSR count). The minimum atomic E-state index is -4.57. The van der Waals surface area contributed by atoms with E-state index in [1.807, 2.05) is 6.19 Å². The number of nitriles is 1. The summed E-state index contributed by atoms with van der Waals surface area (Å²) in [4.78, 5) is 13.9. The maximum absolute atomic E-state index is 13.0. The largest absolute Gasteiger partial charge is 0.496 e. The van der Waals surface area contributed by atoms with E-state index in [1.54, 1.807) is 0 Å². The van der Waals surface area contributed by atoms with Crippen molar-refractivity contribution in [3.05, 3.63) is 29.7 Å². The van der Waals surface area contributed by atoms with Crippen LogP contribution in [0.1, 0.15) is 22.7 Å². The molecule has 1 aliphatic heterocycles. The number of methoxy groups -OCH3 is 2. The standard InChI is InChI=1S/C18H18F3N5O4/c1-28-8-12-6-11(7-26(12)9-22)23-15(27)17-25-24-16(30-17)13-5-10(18(19,20)21)3-4-14(13)29-2/h3-5,11-12H,6-8H2,1-2H3,(H,23,27)/t11-,12+/m1/s1. The summed E-state index contributed by atoms with van der Waals surface area (Å²) in [5, 5.41) is 19.2. The average molecular weight is 425 g/mol. The van der Waals surface area contributed by atoms with Crippen LogP contribution < -0.4 is 10.1 Å². The summed E-state index contributed by atoms with van der Waals surface area (Å²) < 4.78 is 54.5. The zero-order valence-corrected chi connectivity index (χ0v) is 16.1. The van der Waals surface area contributed by atoms with Crippen LogP contribution in [0.15, 0.2) is 22.6 Å². The Morgan fingerprint density at radius 3 is 2.80 bits per heavy atom. The van der Waals surface area contributed by atoms with Gasteiger partial charge in [-0.2, -0.15) is 18.4 Å². The summed E-state index contributed by atoms with van der Waals surface area (Å²) in [7, 11) is 2.80. The van der Waals surface area contributed by atoms with E-state index in [4.69, 9.17) is 19.2 Å². The van der Waals surface area contributed by atoms with E-state index in [0.29, 0.717) is 19.6 Å². The van der Waals surface area contributed by atoms with Gasteiger partial charge in [-0.15, -0.1) is 10.2 Å². The first-order valence-electron chi connectivity index (χ1n) is 8.82. The van der Waals surface area contributed by atoms with Crippen molar-refractivity contribution in [2.24, 2.45) is 0 Å². The van der Waals surface area contributed by atoms with Crippen LogP contribution >= 0.6 is 0 Å². The molecule has 1 amide bonds. The van der Waals surface area contributed by atoms with E-state index < -0.39 is 23.5 Å². The topological polar surface area (TPSA) is 114 Å². The molecule has 9 nitrogen and oxygen atoms in total. The normalized spacial score (nSPS) is 18.9. The molecule has 2 heterocycles. The van der Waals surface area contributed by atoms with Crippen molar-refractivity contribution < 1.29 is 31.9 Å². The molecule has 2 atom stereocenters. The van der Waals surface area contributed by atoms with Gasteiger partial charge in [-0.25, -0.2) is 0 Å². The summed E-state index contributed by atoms with van der Waals surface area (Å²) in [6.07, 6.45) is -2.05. The first-order chi connectivity index (χ1) is 14.3. The van der Waals surface area contributed by atoms with E-state index in [2.05, 4.69) is 15.5 Å². The summed E-state index contributed by atoms with van der Waals surface area (Å²) in [5.74, 6) is -1.31. The highest BCUT2D eigenvalue weighted by atomic mass is 19.4. The van der Waals surface area contributed by atoms with Gasteiger partial charge in [-0.05, 0) is 24.6 Å². The third-order valence-corrected chi connectivity index (χ3v) is 4.61. The lowest BCUT2D eigenvalue weighted by Crippen LogP contribution is -2.36. The molecule has 1 aromatic carbocycles. The Bertz CT molecular complexity index is 956. The Morgan fingerprint density at radius 1 is 1.40 bits per heavy atom. The Hall–Kier alpha value is -3.33. The van der Waals surface area contributed by atoms with Crippen LogP contribution in [0.5, 0.6) is 5.75 Å². The summed E-state index contributed by atoms with van der Waals surface area (Å²) in [6.45, 7) is 0.624. The summed E-state index contributed by atoms with van der Waals surface area (Å²) in [6, 6.07) is 2.29. The molecule has 30 heavy (non-hydrogen) atoms.